The maximum Gasteiger partial charge on any atom is 0.0824 e. The fraction of sp³-hybridized carbons (Fsp3) is 0.714. The van der Waals surface area contributed by atoms with Gasteiger partial charge in [0.05, 0.1) is 18.3 Å². The van der Waals surface area contributed by atoms with Crippen LogP contribution in [-0.4, -0.2) is 26.2 Å². The molecule has 0 aromatic carbocycles. The van der Waals surface area contributed by atoms with Gasteiger partial charge in [-0.05, 0) is 13.3 Å². The Balaban J connectivity index is 2.58. The number of nitrogens with zero attached hydrogens (tertiary/aromatic N) is 3. The van der Waals surface area contributed by atoms with Gasteiger partial charge in [-0.25, -0.2) is 4.68 Å². The molecule has 0 bridgehead atoms. The molecular weight excluding hydrogens is 142 g/mol. The van der Waals surface area contributed by atoms with Crippen molar-refractivity contribution in [3.63, 3.8) is 0 Å². The van der Waals surface area contributed by atoms with Crippen LogP contribution in [0.5, 0.6) is 0 Å². The third-order valence-corrected chi connectivity index (χ3v) is 1.40. The smallest absolute Gasteiger partial charge is 0.0824 e. The summed E-state index contributed by atoms with van der Waals surface area (Å²) < 4.78 is 1.66. The minimum absolute atomic E-state index is 0.360. The Morgan fingerprint density at radius 1 is 1.73 bits per heavy atom. The predicted molar refractivity (Wildman–Crippen MR) is 41.1 cm³/mol. The number of rotatable bonds is 3. The quantitative estimate of drug-likeness (QED) is 0.679. The van der Waals surface area contributed by atoms with Crippen molar-refractivity contribution < 1.29 is 5.11 Å². The minimum atomic E-state index is -0.360. The molecule has 1 aromatic rings. The molecule has 0 radical (unpaired) electrons. The standard InChI is InChI=1S/C7H13N3O/c1-3-7-5-10(9-8-7)4-6(2)11/h5-6,11H,3-4H2,1-2H3. The van der Waals surface area contributed by atoms with E-state index in [1.165, 1.54) is 0 Å². The Kier molecular flexibility index (Phi) is 2.59. The van der Waals surface area contributed by atoms with Crippen LogP contribution in [0, 0.1) is 0 Å². The van der Waals surface area contributed by atoms with Gasteiger partial charge in [0, 0.05) is 6.20 Å². The topological polar surface area (TPSA) is 50.9 Å². The van der Waals surface area contributed by atoms with Crippen LogP contribution in [0.2, 0.25) is 0 Å². The fourth-order valence-corrected chi connectivity index (χ4v) is 0.860. The summed E-state index contributed by atoms with van der Waals surface area (Å²) in [5.41, 5.74) is 0.964. The summed E-state index contributed by atoms with van der Waals surface area (Å²) in [5.74, 6) is 0. The summed E-state index contributed by atoms with van der Waals surface area (Å²) in [7, 11) is 0. The first-order valence-electron chi connectivity index (χ1n) is 3.79. The summed E-state index contributed by atoms with van der Waals surface area (Å²) in [5, 5.41) is 16.7. The van der Waals surface area contributed by atoms with Gasteiger partial charge >= 0.3 is 0 Å². The van der Waals surface area contributed by atoms with Crippen LogP contribution in [0.15, 0.2) is 6.20 Å². The zero-order chi connectivity index (χ0) is 8.27. The van der Waals surface area contributed by atoms with Crippen molar-refractivity contribution >= 4 is 0 Å². The van der Waals surface area contributed by atoms with Crippen LogP contribution in [0.4, 0.5) is 0 Å². The highest BCUT2D eigenvalue weighted by Crippen LogP contribution is 1.94. The molecule has 0 saturated heterocycles. The van der Waals surface area contributed by atoms with Crippen molar-refractivity contribution in [2.45, 2.75) is 32.9 Å². The van der Waals surface area contributed by atoms with Crippen LogP contribution in [-0.2, 0) is 13.0 Å². The van der Waals surface area contributed by atoms with Crippen LogP contribution >= 0.6 is 0 Å². The molecule has 62 valence electrons. The second-order valence-corrected chi connectivity index (χ2v) is 2.63. The summed E-state index contributed by atoms with van der Waals surface area (Å²) in [4.78, 5) is 0. The molecule has 1 unspecified atom stereocenters. The van der Waals surface area contributed by atoms with E-state index in [9.17, 15) is 0 Å². The van der Waals surface area contributed by atoms with Crippen molar-refractivity contribution in [1.82, 2.24) is 15.0 Å². The molecule has 4 heteroatoms. The Hall–Kier alpha value is -0.900. The van der Waals surface area contributed by atoms with Gasteiger partial charge < -0.3 is 5.11 Å². The lowest BCUT2D eigenvalue weighted by molar-refractivity contribution is 0.167. The lowest BCUT2D eigenvalue weighted by Crippen LogP contribution is -2.11. The van der Waals surface area contributed by atoms with Gasteiger partial charge in [0.15, 0.2) is 0 Å². The average molecular weight is 155 g/mol. The van der Waals surface area contributed by atoms with Gasteiger partial charge in [-0.3, -0.25) is 0 Å². The van der Waals surface area contributed by atoms with E-state index >= 15 is 0 Å². The summed E-state index contributed by atoms with van der Waals surface area (Å²) in [6.07, 6.45) is 2.38. The second-order valence-electron chi connectivity index (χ2n) is 2.63. The van der Waals surface area contributed by atoms with E-state index in [-0.39, 0.29) is 6.10 Å². The molecule has 0 amide bonds. The lowest BCUT2D eigenvalue weighted by Gasteiger charge is -2.00. The molecule has 1 N–H and O–H groups in total. The number of aliphatic hydroxyl groups excluding tert-OH is 1. The molecular formula is C7H13N3O. The highest BCUT2D eigenvalue weighted by Gasteiger charge is 2.00. The third-order valence-electron chi connectivity index (χ3n) is 1.40. The fourth-order valence-electron chi connectivity index (χ4n) is 0.860. The van der Waals surface area contributed by atoms with E-state index < -0.39 is 0 Å². The lowest BCUT2D eigenvalue weighted by atomic mass is 10.4. The number of hydrogen-bond acceptors (Lipinski definition) is 3. The molecule has 0 aliphatic rings. The Bertz CT molecular complexity index is 219. The molecule has 0 aliphatic heterocycles. The van der Waals surface area contributed by atoms with E-state index in [0.717, 1.165) is 12.1 Å². The molecule has 4 nitrogen and oxygen atoms in total. The van der Waals surface area contributed by atoms with Crippen molar-refractivity contribution in [3.8, 4) is 0 Å². The molecule has 1 atom stereocenters. The van der Waals surface area contributed by atoms with Gasteiger partial charge in [0.25, 0.3) is 0 Å². The Morgan fingerprint density at radius 3 is 2.91 bits per heavy atom. The molecule has 0 spiro atoms. The number of aliphatic hydroxyl groups is 1. The Labute approximate surface area is 65.8 Å². The van der Waals surface area contributed by atoms with Crippen LogP contribution in [0.3, 0.4) is 0 Å². The number of aromatic nitrogens is 3. The molecule has 11 heavy (non-hydrogen) atoms. The average Bonchev–Trinajstić information content (AvgIpc) is 2.34. The zero-order valence-corrected chi connectivity index (χ0v) is 6.86. The molecule has 1 rings (SSSR count). The van der Waals surface area contributed by atoms with Crippen molar-refractivity contribution in [2.75, 3.05) is 0 Å². The molecule has 1 heterocycles. The van der Waals surface area contributed by atoms with Crippen LogP contribution < -0.4 is 0 Å². The van der Waals surface area contributed by atoms with Crippen LogP contribution in [0.1, 0.15) is 19.5 Å². The normalized spacial score (nSPS) is 13.4. The van der Waals surface area contributed by atoms with Gasteiger partial charge in [-0.15, -0.1) is 5.10 Å². The van der Waals surface area contributed by atoms with Crippen LogP contribution in [0.25, 0.3) is 0 Å². The molecule has 1 aromatic heterocycles. The monoisotopic (exact) mass is 155 g/mol. The zero-order valence-electron chi connectivity index (χ0n) is 6.86. The van der Waals surface area contributed by atoms with Gasteiger partial charge in [-0.1, -0.05) is 12.1 Å². The highest BCUT2D eigenvalue weighted by molar-refractivity contribution is 4.90. The summed E-state index contributed by atoms with van der Waals surface area (Å²) >= 11 is 0. The third kappa shape index (κ3) is 2.31. The summed E-state index contributed by atoms with van der Waals surface area (Å²) in [6.45, 7) is 4.27. The van der Waals surface area contributed by atoms with Gasteiger partial charge in [0.2, 0.25) is 0 Å². The van der Waals surface area contributed by atoms with Gasteiger partial charge in [0.1, 0.15) is 0 Å². The van der Waals surface area contributed by atoms with E-state index in [2.05, 4.69) is 10.3 Å². The first-order chi connectivity index (χ1) is 5.22. The largest absolute Gasteiger partial charge is 0.391 e. The maximum atomic E-state index is 9.00. The molecule has 0 saturated carbocycles. The van der Waals surface area contributed by atoms with E-state index in [0.29, 0.717) is 6.54 Å². The highest BCUT2D eigenvalue weighted by atomic mass is 16.3. The van der Waals surface area contributed by atoms with Gasteiger partial charge in [-0.2, -0.15) is 0 Å². The van der Waals surface area contributed by atoms with Crippen molar-refractivity contribution in [3.05, 3.63) is 11.9 Å². The second kappa shape index (κ2) is 3.48. The maximum absolute atomic E-state index is 9.00. The van der Waals surface area contributed by atoms with E-state index in [4.69, 9.17) is 5.11 Å². The Morgan fingerprint density at radius 2 is 2.45 bits per heavy atom. The SMILES string of the molecule is CCc1cn(CC(C)O)nn1. The first kappa shape index (κ1) is 8.20. The number of hydrogen-bond donors (Lipinski definition) is 1. The minimum Gasteiger partial charge on any atom is -0.391 e. The molecule has 0 fully saturated rings. The summed E-state index contributed by atoms with van der Waals surface area (Å²) in [6, 6.07) is 0. The van der Waals surface area contributed by atoms with E-state index in [1.54, 1.807) is 11.6 Å². The van der Waals surface area contributed by atoms with Crippen molar-refractivity contribution in [1.29, 1.82) is 0 Å². The first-order valence-corrected chi connectivity index (χ1v) is 3.79. The molecule has 0 aliphatic carbocycles. The van der Waals surface area contributed by atoms with Crippen molar-refractivity contribution in [2.24, 2.45) is 0 Å². The van der Waals surface area contributed by atoms with E-state index in [1.807, 2.05) is 13.1 Å². The predicted octanol–water partition coefficient (Wildman–Crippen LogP) is 0.221. The number of aryl methyl sites for hydroxylation is 1.